The normalized spacial score (nSPS) is 20.0. The number of piperidine rings is 1. The van der Waals surface area contributed by atoms with Gasteiger partial charge in [-0.25, -0.2) is 4.98 Å². The summed E-state index contributed by atoms with van der Waals surface area (Å²) >= 11 is 1.59. The summed E-state index contributed by atoms with van der Waals surface area (Å²) in [5.74, 6) is 0.224. The number of hydrogen-bond donors (Lipinski definition) is 4. The molecule has 9 rings (SSSR count). The summed E-state index contributed by atoms with van der Waals surface area (Å²) in [4.78, 5) is 39.7. The van der Waals surface area contributed by atoms with Gasteiger partial charge in [-0.15, -0.1) is 21.5 Å². The third-order valence-corrected chi connectivity index (χ3v) is 13.6. The molecular weight excluding hydrogens is 795 g/mol. The molecule has 3 fully saturated rings. The Hall–Kier alpha value is -5.91. The van der Waals surface area contributed by atoms with E-state index < -0.39 is 18.1 Å². The van der Waals surface area contributed by atoms with E-state index in [0.29, 0.717) is 40.2 Å². The quantitative estimate of drug-likeness (QED) is 0.131. The monoisotopic (exact) mass is 845 g/mol. The van der Waals surface area contributed by atoms with E-state index in [-0.39, 0.29) is 48.5 Å². The number of rotatable bonds is 11. The third-order valence-electron chi connectivity index (χ3n) is 12.6. The number of aryl methyl sites for hydroxylation is 1. The van der Waals surface area contributed by atoms with Crippen LogP contribution >= 0.6 is 11.3 Å². The molecule has 5 N–H and O–H groups in total. The minimum atomic E-state index is -0.813. The predicted octanol–water partition coefficient (Wildman–Crippen LogP) is 5.31. The minimum Gasteiger partial charge on any atom is -0.507 e. The van der Waals surface area contributed by atoms with E-state index in [9.17, 15) is 19.8 Å². The molecule has 0 saturated carbocycles. The van der Waals surface area contributed by atoms with Crippen molar-refractivity contribution in [2.45, 2.75) is 83.1 Å². The zero-order chi connectivity index (χ0) is 42.5. The molecule has 318 valence electrons. The van der Waals surface area contributed by atoms with Crippen LogP contribution in [-0.4, -0.2) is 113 Å². The van der Waals surface area contributed by atoms with Gasteiger partial charge in [-0.3, -0.25) is 19.2 Å². The molecule has 4 atom stereocenters. The second-order valence-electron chi connectivity index (χ2n) is 17.0. The van der Waals surface area contributed by atoms with Crippen molar-refractivity contribution in [3.8, 4) is 27.4 Å². The lowest BCUT2D eigenvalue weighted by atomic mass is 9.91. The number of hydrogen-bond acceptors (Lipinski definition) is 14. The van der Waals surface area contributed by atoms with Gasteiger partial charge in [0.05, 0.1) is 45.5 Å². The Labute approximate surface area is 357 Å². The van der Waals surface area contributed by atoms with Gasteiger partial charge in [-0.1, -0.05) is 55.4 Å². The Balaban J connectivity index is 0.806. The summed E-state index contributed by atoms with van der Waals surface area (Å²) < 4.78 is 7.85. The van der Waals surface area contributed by atoms with Crippen LogP contribution < -0.4 is 16.0 Å². The molecule has 7 heterocycles. The van der Waals surface area contributed by atoms with E-state index in [1.54, 1.807) is 23.5 Å². The van der Waals surface area contributed by atoms with E-state index in [1.165, 1.54) is 4.90 Å². The fraction of sp³-hybridized carbons (Fsp3) is 0.432. The maximum atomic E-state index is 14.3. The molecule has 2 amide bonds. The van der Waals surface area contributed by atoms with Crippen LogP contribution in [0.2, 0.25) is 0 Å². The van der Waals surface area contributed by atoms with Gasteiger partial charge in [0, 0.05) is 56.8 Å². The number of aromatic hydroxyl groups is 1. The summed E-state index contributed by atoms with van der Waals surface area (Å²) in [7, 11) is 0. The first kappa shape index (κ1) is 40.5. The molecule has 0 bridgehead atoms. The van der Waals surface area contributed by atoms with Gasteiger partial charge in [-0.05, 0) is 61.9 Å². The Bertz CT molecular complexity index is 2540. The van der Waals surface area contributed by atoms with E-state index in [1.807, 2.05) is 86.4 Å². The first-order valence-corrected chi connectivity index (χ1v) is 21.9. The number of benzene rings is 2. The number of nitrogen functional groups attached to an aromatic ring is 1. The number of nitrogens with zero attached hydrogens (tertiary/aromatic N) is 9. The molecule has 3 aliphatic rings. The van der Waals surface area contributed by atoms with E-state index in [2.05, 4.69) is 40.6 Å². The zero-order valence-corrected chi connectivity index (χ0v) is 35.5. The number of thiazole rings is 1. The van der Waals surface area contributed by atoms with Crippen LogP contribution in [0.15, 0.2) is 70.7 Å². The molecule has 2 aromatic carbocycles. The van der Waals surface area contributed by atoms with Crippen molar-refractivity contribution in [3.05, 3.63) is 83.2 Å². The number of aliphatic hydroxyl groups excluding tert-OH is 1. The average molecular weight is 846 g/mol. The third kappa shape index (κ3) is 7.81. The number of amides is 2. The number of phenols is 1. The van der Waals surface area contributed by atoms with Gasteiger partial charge in [0.15, 0.2) is 22.9 Å². The van der Waals surface area contributed by atoms with Crippen molar-refractivity contribution in [3.63, 3.8) is 0 Å². The SMILES string of the molecule is Cc1ncsc1-c1ccc([C@H](C)NC(=O)[C@@H]2C[C@@H](O)CN2C(=O)C(c2cc(N3CC(N4CCC(n5nc(N)c6nnc(-c7ccccc7O)cc65)CC4)C3)no2)C(C)C)cc1. The number of carbonyl (C=O) groups is 2. The van der Waals surface area contributed by atoms with E-state index in [0.717, 1.165) is 66.2 Å². The number of nitrogens with one attached hydrogen (secondary N) is 1. The van der Waals surface area contributed by atoms with Crippen molar-refractivity contribution in [2.24, 2.45) is 5.92 Å². The number of anilines is 2. The first-order chi connectivity index (χ1) is 29.4. The number of nitrogens with two attached hydrogens (primary N) is 1. The van der Waals surface area contributed by atoms with Crippen LogP contribution in [0.5, 0.6) is 5.75 Å². The molecule has 3 saturated heterocycles. The summed E-state index contributed by atoms with van der Waals surface area (Å²) in [6.07, 6.45) is 1.12. The number of β-amino-alcohol motifs (C(OH)–C–C–N with tert-alkyl or cyclic N) is 1. The molecule has 1 unspecified atom stereocenters. The average Bonchev–Trinajstić information content (AvgIpc) is 4.05. The van der Waals surface area contributed by atoms with Crippen LogP contribution in [0.4, 0.5) is 11.6 Å². The Morgan fingerprint density at radius 1 is 0.984 bits per heavy atom. The summed E-state index contributed by atoms with van der Waals surface area (Å²) in [5, 5.41) is 42.0. The number of carbonyl (C=O) groups excluding carboxylic acids is 2. The maximum absolute atomic E-state index is 14.3. The fourth-order valence-corrected chi connectivity index (χ4v) is 9.93. The Morgan fingerprint density at radius 3 is 2.44 bits per heavy atom. The lowest BCUT2D eigenvalue weighted by Crippen LogP contribution is -2.61. The predicted molar refractivity (Wildman–Crippen MR) is 232 cm³/mol. The highest BCUT2D eigenvalue weighted by molar-refractivity contribution is 7.13. The number of para-hydroxylation sites is 1. The summed E-state index contributed by atoms with van der Waals surface area (Å²) in [6.45, 7) is 11.2. The molecule has 61 heavy (non-hydrogen) atoms. The molecule has 3 aliphatic heterocycles. The van der Waals surface area contributed by atoms with Gasteiger partial charge in [0.2, 0.25) is 11.8 Å². The smallest absolute Gasteiger partial charge is 0.243 e. The molecule has 16 nitrogen and oxygen atoms in total. The standard InChI is InChI=1S/C44H51N11O5S/c1-24(2)39(44(59)54-22-31(56)17-35(54)43(58)47-25(3)27-9-11-28(12-10-27)41-26(4)46-23-61-41)37-19-38(51-60-37)53-20-30(21-53)52-15-13-29(14-16-52)55-34-18-33(32-7-5-6-8-36(32)57)48-49-40(34)42(45)50-55/h5-12,18-19,23-25,29-31,35,39,56-57H,13-17,20-22H2,1-4H3,(H2,45,50)(H,47,58)/t25-,31+,35-,39?/m0/s1. The molecule has 6 aromatic rings. The van der Waals surface area contributed by atoms with Crippen molar-refractivity contribution in [1.82, 2.24) is 45.2 Å². The van der Waals surface area contributed by atoms with Crippen LogP contribution in [0.3, 0.4) is 0 Å². The number of aromatic nitrogens is 6. The largest absolute Gasteiger partial charge is 0.507 e. The topological polar surface area (TPSA) is 205 Å². The maximum Gasteiger partial charge on any atom is 0.243 e. The number of fused-ring (bicyclic) bond motifs is 1. The van der Waals surface area contributed by atoms with Gasteiger partial charge in [0.25, 0.3) is 0 Å². The number of phenolic OH excluding ortho intramolecular Hbond substituents is 1. The summed E-state index contributed by atoms with van der Waals surface area (Å²) in [5.41, 5.74) is 13.6. The highest BCUT2D eigenvalue weighted by Gasteiger charge is 2.44. The van der Waals surface area contributed by atoms with Crippen LogP contribution in [-0.2, 0) is 9.59 Å². The Morgan fingerprint density at radius 2 is 1.74 bits per heavy atom. The van der Waals surface area contributed by atoms with Crippen molar-refractivity contribution < 1.29 is 24.3 Å². The minimum absolute atomic E-state index is 0.0697. The van der Waals surface area contributed by atoms with Crippen LogP contribution in [0.25, 0.3) is 32.7 Å². The summed E-state index contributed by atoms with van der Waals surface area (Å²) in [6, 6.07) is 18.2. The van der Waals surface area contributed by atoms with Gasteiger partial charge < -0.3 is 35.6 Å². The fourth-order valence-electron chi connectivity index (χ4n) is 9.12. The highest BCUT2D eigenvalue weighted by Crippen LogP contribution is 2.37. The second-order valence-corrected chi connectivity index (χ2v) is 17.8. The van der Waals surface area contributed by atoms with Gasteiger partial charge >= 0.3 is 0 Å². The molecule has 0 aliphatic carbocycles. The van der Waals surface area contributed by atoms with Crippen molar-refractivity contribution >= 4 is 45.8 Å². The second kappa shape index (κ2) is 16.5. The van der Waals surface area contributed by atoms with Crippen LogP contribution in [0.1, 0.15) is 75.1 Å². The van der Waals surface area contributed by atoms with Crippen LogP contribution in [0, 0.1) is 12.8 Å². The number of aliphatic hydroxyl groups is 1. The van der Waals surface area contributed by atoms with Crippen molar-refractivity contribution in [1.29, 1.82) is 0 Å². The molecular formula is C44H51N11O5S. The van der Waals surface area contributed by atoms with Crippen molar-refractivity contribution in [2.75, 3.05) is 43.4 Å². The van der Waals surface area contributed by atoms with Gasteiger partial charge in [0.1, 0.15) is 17.7 Å². The van der Waals surface area contributed by atoms with E-state index >= 15 is 0 Å². The lowest BCUT2D eigenvalue weighted by Gasteiger charge is -2.47. The lowest BCUT2D eigenvalue weighted by molar-refractivity contribution is -0.141. The molecule has 0 spiro atoms. The molecule has 17 heteroatoms. The zero-order valence-electron chi connectivity index (χ0n) is 34.7. The molecule has 0 radical (unpaired) electrons. The first-order valence-electron chi connectivity index (χ1n) is 21.0. The highest BCUT2D eigenvalue weighted by atomic mass is 32.1. The Kier molecular flexibility index (Phi) is 11.0. The molecule has 4 aromatic heterocycles. The van der Waals surface area contributed by atoms with E-state index in [4.69, 9.17) is 10.3 Å². The van der Waals surface area contributed by atoms with Gasteiger partial charge in [-0.2, -0.15) is 5.10 Å². The number of likely N-dealkylation sites (tertiary alicyclic amines) is 2.